The summed E-state index contributed by atoms with van der Waals surface area (Å²) in [7, 11) is 0. The SMILES string of the molecule is O=C(OCc1ccccc1)c1cncnc1. The van der Waals surface area contributed by atoms with Crippen molar-refractivity contribution in [2.75, 3.05) is 0 Å². The van der Waals surface area contributed by atoms with Crippen LogP contribution in [0.5, 0.6) is 0 Å². The molecule has 0 aliphatic heterocycles. The summed E-state index contributed by atoms with van der Waals surface area (Å²) in [5.74, 6) is -0.413. The van der Waals surface area contributed by atoms with Gasteiger partial charge in [0.15, 0.2) is 0 Å². The van der Waals surface area contributed by atoms with Crippen LogP contribution < -0.4 is 0 Å². The monoisotopic (exact) mass is 214 g/mol. The van der Waals surface area contributed by atoms with Crippen molar-refractivity contribution in [2.45, 2.75) is 6.61 Å². The van der Waals surface area contributed by atoms with Crippen molar-refractivity contribution in [3.05, 3.63) is 60.2 Å². The highest BCUT2D eigenvalue weighted by molar-refractivity contribution is 5.88. The van der Waals surface area contributed by atoms with E-state index in [2.05, 4.69) is 9.97 Å². The minimum absolute atomic E-state index is 0.258. The number of hydrogen-bond donors (Lipinski definition) is 0. The summed E-state index contributed by atoms with van der Waals surface area (Å²) in [5, 5.41) is 0. The number of carbonyl (C=O) groups is 1. The van der Waals surface area contributed by atoms with Gasteiger partial charge in [-0.2, -0.15) is 0 Å². The van der Waals surface area contributed by atoms with Gasteiger partial charge in [0.05, 0.1) is 5.56 Å². The highest BCUT2D eigenvalue weighted by atomic mass is 16.5. The fraction of sp³-hybridized carbons (Fsp3) is 0.0833. The van der Waals surface area contributed by atoms with Gasteiger partial charge in [0.1, 0.15) is 12.9 Å². The topological polar surface area (TPSA) is 52.1 Å². The maximum absolute atomic E-state index is 11.5. The van der Waals surface area contributed by atoms with E-state index < -0.39 is 5.97 Å². The van der Waals surface area contributed by atoms with Gasteiger partial charge < -0.3 is 4.74 Å². The molecule has 0 aliphatic rings. The van der Waals surface area contributed by atoms with E-state index in [1.165, 1.54) is 18.7 Å². The van der Waals surface area contributed by atoms with Gasteiger partial charge in [0.2, 0.25) is 0 Å². The molecule has 80 valence electrons. The number of rotatable bonds is 3. The van der Waals surface area contributed by atoms with Crippen LogP contribution in [0.4, 0.5) is 0 Å². The van der Waals surface area contributed by atoms with E-state index in [9.17, 15) is 4.79 Å². The molecule has 4 nitrogen and oxygen atoms in total. The number of esters is 1. The Hall–Kier alpha value is -2.23. The van der Waals surface area contributed by atoms with Crippen LogP contribution in [0.1, 0.15) is 15.9 Å². The van der Waals surface area contributed by atoms with Crippen molar-refractivity contribution in [2.24, 2.45) is 0 Å². The van der Waals surface area contributed by atoms with Crippen molar-refractivity contribution in [1.82, 2.24) is 9.97 Å². The molecule has 1 aromatic heterocycles. The van der Waals surface area contributed by atoms with E-state index in [0.29, 0.717) is 5.56 Å². The minimum Gasteiger partial charge on any atom is -0.457 e. The third-order valence-corrected chi connectivity index (χ3v) is 2.01. The van der Waals surface area contributed by atoms with Gasteiger partial charge in [0, 0.05) is 12.4 Å². The number of hydrogen-bond acceptors (Lipinski definition) is 4. The second kappa shape index (κ2) is 5.02. The van der Waals surface area contributed by atoms with Gasteiger partial charge in [-0.05, 0) is 5.56 Å². The summed E-state index contributed by atoms with van der Waals surface area (Å²) in [6, 6.07) is 9.50. The summed E-state index contributed by atoms with van der Waals surface area (Å²) in [6.07, 6.45) is 4.23. The second-order valence-corrected chi connectivity index (χ2v) is 3.19. The zero-order valence-corrected chi connectivity index (χ0v) is 8.54. The maximum atomic E-state index is 11.5. The molecule has 1 aromatic carbocycles. The average Bonchev–Trinajstić information content (AvgIpc) is 2.38. The Balaban J connectivity index is 1.95. The summed E-state index contributed by atoms with van der Waals surface area (Å²) < 4.78 is 5.10. The summed E-state index contributed by atoms with van der Waals surface area (Å²) >= 11 is 0. The second-order valence-electron chi connectivity index (χ2n) is 3.19. The van der Waals surface area contributed by atoms with E-state index in [0.717, 1.165) is 5.56 Å². The third kappa shape index (κ3) is 2.63. The maximum Gasteiger partial charge on any atom is 0.341 e. The first kappa shape index (κ1) is 10.3. The van der Waals surface area contributed by atoms with Crippen molar-refractivity contribution in [1.29, 1.82) is 0 Å². The van der Waals surface area contributed by atoms with Crippen molar-refractivity contribution < 1.29 is 9.53 Å². The van der Waals surface area contributed by atoms with Gasteiger partial charge in [-0.1, -0.05) is 30.3 Å². The van der Waals surface area contributed by atoms with Crippen LogP contribution in [0, 0.1) is 0 Å². The van der Waals surface area contributed by atoms with Gasteiger partial charge in [-0.3, -0.25) is 0 Å². The predicted molar refractivity (Wildman–Crippen MR) is 57.6 cm³/mol. The first-order chi connectivity index (χ1) is 7.86. The quantitative estimate of drug-likeness (QED) is 0.731. The Bertz CT molecular complexity index is 457. The van der Waals surface area contributed by atoms with Crippen molar-refractivity contribution >= 4 is 5.97 Å². The van der Waals surface area contributed by atoms with Crippen LogP contribution in [-0.2, 0) is 11.3 Å². The molecule has 1 heterocycles. The Morgan fingerprint density at radius 1 is 1.12 bits per heavy atom. The van der Waals surface area contributed by atoms with Crippen molar-refractivity contribution in [3.63, 3.8) is 0 Å². The number of nitrogens with zero attached hydrogens (tertiary/aromatic N) is 2. The fourth-order valence-electron chi connectivity index (χ4n) is 1.21. The number of aromatic nitrogens is 2. The van der Waals surface area contributed by atoms with Crippen LogP contribution in [0.15, 0.2) is 49.1 Å². The molecule has 2 rings (SSSR count). The van der Waals surface area contributed by atoms with Crippen LogP contribution in [0.25, 0.3) is 0 Å². The first-order valence-corrected chi connectivity index (χ1v) is 4.82. The van der Waals surface area contributed by atoms with Gasteiger partial charge in [-0.25, -0.2) is 14.8 Å². The van der Waals surface area contributed by atoms with Gasteiger partial charge in [0.25, 0.3) is 0 Å². The lowest BCUT2D eigenvalue weighted by atomic mass is 10.2. The molecule has 0 bridgehead atoms. The standard InChI is InChI=1S/C12H10N2O2/c15-12(11-6-13-9-14-7-11)16-8-10-4-2-1-3-5-10/h1-7,9H,8H2. The molecule has 0 saturated heterocycles. The highest BCUT2D eigenvalue weighted by Crippen LogP contribution is 2.03. The van der Waals surface area contributed by atoms with Gasteiger partial charge in [-0.15, -0.1) is 0 Å². The van der Waals surface area contributed by atoms with Crippen molar-refractivity contribution in [3.8, 4) is 0 Å². The average molecular weight is 214 g/mol. The molecule has 0 aliphatic carbocycles. The van der Waals surface area contributed by atoms with Gasteiger partial charge >= 0.3 is 5.97 Å². The molecule has 0 unspecified atom stereocenters. The molecule has 0 fully saturated rings. The largest absolute Gasteiger partial charge is 0.457 e. The molecule has 0 amide bonds. The molecule has 0 spiro atoms. The lowest BCUT2D eigenvalue weighted by molar-refractivity contribution is 0.0471. The van der Waals surface area contributed by atoms with E-state index in [1.54, 1.807) is 0 Å². The molecular weight excluding hydrogens is 204 g/mol. The van der Waals surface area contributed by atoms with E-state index in [4.69, 9.17) is 4.74 Å². The summed E-state index contributed by atoms with van der Waals surface area (Å²) in [5.41, 5.74) is 1.31. The molecule has 0 atom stereocenters. The smallest absolute Gasteiger partial charge is 0.341 e. The zero-order chi connectivity index (χ0) is 11.2. The Morgan fingerprint density at radius 3 is 2.50 bits per heavy atom. The Labute approximate surface area is 92.9 Å². The zero-order valence-electron chi connectivity index (χ0n) is 8.54. The van der Waals surface area contributed by atoms with Crippen LogP contribution >= 0.6 is 0 Å². The number of carbonyl (C=O) groups excluding carboxylic acids is 1. The Morgan fingerprint density at radius 2 is 1.81 bits per heavy atom. The van der Waals surface area contributed by atoms with E-state index >= 15 is 0 Å². The summed E-state index contributed by atoms with van der Waals surface area (Å²) in [4.78, 5) is 19.0. The van der Waals surface area contributed by atoms with E-state index in [1.807, 2.05) is 30.3 Å². The first-order valence-electron chi connectivity index (χ1n) is 4.82. The minimum atomic E-state index is -0.413. The summed E-state index contributed by atoms with van der Waals surface area (Å²) in [6.45, 7) is 0.258. The molecule has 2 aromatic rings. The molecular formula is C12H10N2O2. The normalized spacial score (nSPS) is 9.75. The third-order valence-electron chi connectivity index (χ3n) is 2.01. The number of ether oxygens (including phenoxy) is 1. The fourth-order valence-corrected chi connectivity index (χ4v) is 1.21. The lowest BCUT2D eigenvalue weighted by Crippen LogP contribution is -2.05. The Kier molecular flexibility index (Phi) is 3.23. The molecule has 16 heavy (non-hydrogen) atoms. The molecule has 0 N–H and O–H groups in total. The van der Waals surface area contributed by atoms with E-state index in [-0.39, 0.29) is 6.61 Å². The predicted octanol–water partition coefficient (Wildman–Crippen LogP) is 1.83. The molecule has 4 heteroatoms. The molecule has 0 radical (unpaired) electrons. The number of benzene rings is 1. The molecule has 0 saturated carbocycles. The van der Waals surface area contributed by atoms with Crippen LogP contribution in [-0.4, -0.2) is 15.9 Å². The highest BCUT2D eigenvalue weighted by Gasteiger charge is 2.06. The van der Waals surface area contributed by atoms with Crippen LogP contribution in [0.3, 0.4) is 0 Å². The lowest BCUT2D eigenvalue weighted by Gasteiger charge is -2.03. The van der Waals surface area contributed by atoms with Crippen LogP contribution in [0.2, 0.25) is 0 Å².